The Morgan fingerprint density at radius 1 is 1.33 bits per heavy atom. The molecule has 0 saturated carbocycles. The molecule has 114 valence electrons. The van der Waals surface area contributed by atoms with Gasteiger partial charge < -0.3 is 4.74 Å². The summed E-state index contributed by atoms with van der Waals surface area (Å²) in [4.78, 5) is 0.134. The highest BCUT2D eigenvalue weighted by Crippen LogP contribution is 2.14. The lowest BCUT2D eigenvalue weighted by atomic mass is 10.3. The summed E-state index contributed by atoms with van der Waals surface area (Å²) in [5.41, 5.74) is 0. The molecule has 0 aliphatic heterocycles. The van der Waals surface area contributed by atoms with Crippen LogP contribution in [0.15, 0.2) is 41.6 Å². The van der Waals surface area contributed by atoms with Gasteiger partial charge in [0.1, 0.15) is 23.1 Å². The van der Waals surface area contributed by atoms with Crippen LogP contribution in [0.25, 0.3) is 0 Å². The summed E-state index contributed by atoms with van der Waals surface area (Å²) < 4.78 is 45.1. The molecule has 2 aromatic rings. The van der Waals surface area contributed by atoms with E-state index in [-0.39, 0.29) is 23.9 Å². The van der Waals surface area contributed by atoms with Crippen molar-refractivity contribution in [1.82, 2.24) is 14.1 Å². The van der Waals surface area contributed by atoms with E-state index in [0.717, 1.165) is 0 Å². The molecule has 0 bridgehead atoms. The maximum absolute atomic E-state index is 12.7. The summed E-state index contributed by atoms with van der Waals surface area (Å²) in [5.74, 6) is 0.141. The van der Waals surface area contributed by atoms with Crippen molar-refractivity contribution in [1.29, 1.82) is 0 Å². The number of aryl methyl sites for hydroxylation is 1. The molecular weight excluding hydrogens is 297 g/mol. The first-order chi connectivity index (χ1) is 9.89. The minimum atomic E-state index is -3.57. The third-order valence-corrected chi connectivity index (χ3v) is 4.69. The topological polar surface area (TPSA) is 64.4 Å². The monoisotopic (exact) mass is 313 g/mol. The molecule has 0 radical (unpaired) electrons. The molecule has 0 N–H and O–H groups in total. The number of hydrogen-bond acceptors (Lipinski definition) is 4. The van der Waals surface area contributed by atoms with Crippen LogP contribution >= 0.6 is 0 Å². The number of ether oxygens (including phenoxy) is 1. The molecule has 8 heteroatoms. The maximum atomic E-state index is 12.7. The Bertz CT molecular complexity index is 698. The first-order valence-corrected chi connectivity index (χ1v) is 7.67. The Hall–Kier alpha value is -1.93. The fourth-order valence-corrected chi connectivity index (χ4v) is 2.80. The van der Waals surface area contributed by atoms with E-state index in [2.05, 4.69) is 5.10 Å². The number of likely N-dealkylation sites (N-methyl/N-ethyl adjacent to an activating group) is 1. The molecule has 0 spiro atoms. The number of rotatable bonds is 6. The number of halogens is 1. The Morgan fingerprint density at radius 2 is 2.00 bits per heavy atom. The summed E-state index contributed by atoms with van der Waals surface area (Å²) in [5, 5.41) is 3.85. The Labute approximate surface area is 122 Å². The third kappa shape index (κ3) is 3.79. The molecule has 6 nitrogen and oxygen atoms in total. The smallest absolute Gasteiger partial charge is 0.246 e. The van der Waals surface area contributed by atoms with Gasteiger partial charge >= 0.3 is 0 Å². The van der Waals surface area contributed by atoms with E-state index in [1.165, 1.54) is 52.7 Å². The Kier molecular flexibility index (Phi) is 4.59. The Morgan fingerprint density at radius 3 is 2.57 bits per heavy atom. The average molecular weight is 313 g/mol. The van der Waals surface area contributed by atoms with E-state index in [0.29, 0.717) is 5.75 Å². The van der Waals surface area contributed by atoms with Crippen molar-refractivity contribution in [3.63, 3.8) is 0 Å². The molecule has 1 aromatic carbocycles. The average Bonchev–Trinajstić information content (AvgIpc) is 2.88. The molecule has 0 fully saturated rings. The first-order valence-electron chi connectivity index (χ1n) is 6.23. The van der Waals surface area contributed by atoms with Gasteiger partial charge in [0.15, 0.2) is 0 Å². The molecule has 0 aliphatic rings. The van der Waals surface area contributed by atoms with E-state index in [1.54, 1.807) is 7.05 Å². The largest absolute Gasteiger partial charge is 0.492 e. The zero-order valence-electron chi connectivity index (χ0n) is 11.7. The second kappa shape index (κ2) is 6.23. The lowest BCUT2D eigenvalue weighted by molar-refractivity contribution is 0.286. The molecule has 1 heterocycles. The SMILES string of the molecule is CN(CCOc1ccc(F)cc1)S(=O)(=O)c1cnn(C)c1. The summed E-state index contributed by atoms with van der Waals surface area (Å²) in [6, 6.07) is 5.55. The van der Waals surface area contributed by atoms with Crippen molar-refractivity contribution < 1.29 is 17.5 Å². The van der Waals surface area contributed by atoms with Gasteiger partial charge in [0.2, 0.25) is 10.0 Å². The van der Waals surface area contributed by atoms with Crippen molar-refractivity contribution in [2.24, 2.45) is 7.05 Å². The van der Waals surface area contributed by atoms with Gasteiger partial charge in [0.05, 0.1) is 6.20 Å². The van der Waals surface area contributed by atoms with Gasteiger partial charge in [-0.2, -0.15) is 9.40 Å². The van der Waals surface area contributed by atoms with Gasteiger partial charge in [0.25, 0.3) is 0 Å². The van der Waals surface area contributed by atoms with Gasteiger partial charge in [0, 0.05) is 26.8 Å². The van der Waals surface area contributed by atoms with E-state index in [9.17, 15) is 12.8 Å². The minimum Gasteiger partial charge on any atom is -0.492 e. The number of aromatic nitrogens is 2. The predicted molar refractivity (Wildman–Crippen MR) is 74.9 cm³/mol. The third-order valence-electron chi connectivity index (χ3n) is 2.88. The Balaban J connectivity index is 1.92. The van der Waals surface area contributed by atoms with E-state index >= 15 is 0 Å². The van der Waals surface area contributed by atoms with Crippen LogP contribution in [0.3, 0.4) is 0 Å². The van der Waals surface area contributed by atoms with Gasteiger partial charge in [-0.05, 0) is 24.3 Å². The molecule has 0 atom stereocenters. The predicted octanol–water partition coefficient (Wildman–Crippen LogP) is 1.26. The molecule has 1 aromatic heterocycles. The molecule has 2 rings (SSSR count). The lowest BCUT2D eigenvalue weighted by Gasteiger charge is -2.16. The van der Waals surface area contributed by atoms with Crippen LogP contribution in [0.1, 0.15) is 0 Å². The van der Waals surface area contributed by atoms with E-state index in [1.807, 2.05) is 0 Å². The highest BCUT2D eigenvalue weighted by molar-refractivity contribution is 7.89. The zero-order chi connectivity index (χ0) is 15.5. The van der Waals surface area contributed by atoms with Crippen LogP contribution in [-0.2, 0) is 17.1 Å². The van der Waals surface area contributed by atoms with Crippen LogP contribution in [-0.4, -0.2) is 42.7 Å². The van der Waals surface area contributed by atoms with Crippen molar-refractivity contribution in [3.05, 3.63) is 42.5 Å². The molecular formula is C13H16FN3O3S. The summed E-state index contributed by atoms with van der Waals surface area (Å²) in [6.07, 6.45) is 2.74. The zero-order valence-corrected chi connectivity index (χ0v) is 12.5. The fourth-order valence-electron chi connectivity index (χ4n) is 1.65. The van der Waals surface area contributed by atoms with Gasteiger partial charge in [-0.25, -0.2) is 12.8 Å². The quantitative estimate of drug-likeness (QED) is 0.805. The van der Waals surface area contributed by atoms with Crippen LogP contribution in [0, 0.1) is 5.82 Å². The molecule has 0 aliphatic carbocycles. The van der Waals surface area contributed by atoms with E-state index in [4.69, 9.17) is 4.74 Å². The molecule has 21 heavy (non-hydrogen) atoms. The second-order valence-electron chi connectivity index (χ2n) is 4.48. The first kappa shape index (κ1) is 15.5. The number of benzene rings is 1. The summed E-state index contributed by atoms with van der Waals surface area (Å²) >= 11 is 0. The van der Waals surface area contributed by atoms with Crippen LogP contribution in [0.5, 0.6) is 5.75 Å². The molecule has 0 saturated heterocycles. The maximum Gasteiger partial charge on any atom is 0.246 e. The lowest BCUT2D eigenvalue weighted by Crippen LogP contribution is -2.30. The highest BCUT2D eigenvalue weighted by atomic mass is 32.2. The summed E-state index contributed by atoms with van der Waals surface area (Å²) in [7, 11) is -0.451. The number of sulfonamides is 1. The van der Waals surface area contributed by atoms with Crippen LogP contribution in [0.2, 0.25) is 0 Å². The minimum absolute atomic E-state index is 0.134. The van der Waals surface area contributed by atoms with Crippen LogP contribution < -0.4 is 4.74 Å². The van der Waals surface area contributed by atoms with Gasteiger partial charge in [-0.15, -0.1) is 0 Å². The van der Waals surface area contributed by atoms with Crippen LogP contribution in [0.4, 0.5) is 4.39 Å². The fraction of sp³-hybridized carbons (Fsp3) is 0.308. The standard InChI is InChI=1S/C13H16FN3O3S/c1-16-10-13(9-15-16)21(18,19)17(2)7-8-20-12-5-3-11(14)4-6-12/h3-6,9-10H,7-8H2,1-2H3. The second-order valence-corrected chi connectivity index (χ2v) is 6.52. The van der Waals surface area contributed by atoms with Crippen molar-refractivity contribution >= 4 is 10.0 Å². The van der Waals surface area contributed by atoms with Crippen molar-refractivity contribution in [3.8, 4) is 5.75 Å². The van der Waals surface area contributed by atoms with Gasteiger partial charge in [-0.1, -0.05) is 0 Å². The number of hydrogen-bond donors (Lipinski definition) is 0. The summed E-state index contributed by atoms with van der Waals surface area (Å²) in [6.45, 7) is 0.343. The molecule has 0 amide bonds. The van der Waals surface area contributed by atoms with Crippen molar-refractivity contribution in [2.75, 3.05) is 20.2 Å². The van der Waals surface area contributed by atoms with Crippen molar-refractivity contribution in [2.45, 2.75) is 4.90 Å². The van der Waals surface area contributed by atoms with E-state index < -0.39 is 10.0 Å². The number of nitrogens with zero attached hydrogens (tertiary/aromatic N) is 3. The molecule has 0 unspecified atom stereocenters. The van der Waals surface area contributed by atoms with Gasteiger partial charge in [-0.3, -0.25) is 4.68 Å². The highest BCUT2D eigenvalue weighted by Gasteiger charge is 2.22. The normalized spacial score (nSPS) is 11.8.